The molecule has 0 aliphatic carbocycles. The summed E-state index contributed by atoms with van der Waals surface area (Å²) in [4.78, 5) is 9.82. The third-order valence-corrected chi connectivity index (χ3v) is 5.90. The fraction of sp³-hybridized carbons (Fsp3) is 0.480. The van der Waals surface area contributed by atoms with Gasteiger partial charge in [-0.2, -0.15) is 0 Å². The largest absolute Gasteiger partial charge is 0.357 e. The van der Waals surface area contributed by atoms with Gasteiger partial charge in [0.1, 0.15) is 0 Å². The van der Waals surface area contributed by atoms with Crippen LogP contribution in [0, 0.1) is 0 Å². The highest BCUT2D eigenvalue weighted by atomic mass is 15.3. The van der Waals surface area contributed by atoms with Crippen molar-refractivity contribution < 1.29 is 0 Å². The van der Waals surface area contributed by atoms with Crippen molar-refractivity contribution in [2.45, 2.75) is 25.3 Å². The first-order valence-electron chi connectivity index (χ1n) is 11.2. The van der Waals surface area contributed by atoms with Gasteiger partial charge < -0.3 is 15.5 Å². The summed E-state index contributed by atoms with van der Waals surface area (Å²) in [5.41, 5.74) is 2.70. The van der Waals surface area contributed by atoms with Crippen molar-refractivity contribution in [3.63, 3.8) is 0 Å². The Hall–Kier alpha value is -2.37. The number of guanidine groups is 1. The normalized spacial score (nSPS) is 19.4. The van der Waals surface area contributed by atoms with Crippen molar-refractivity contribution in [1.82, 2.24) is 20.4 Å². The summed E-state index contributed by atoms with van der Waals surface area (Å²) in [6.45, 7) is 7.99. The van der Waals surface area contributed by atoms with Crippen LogP contribution in [0.15, 0.2) is 65.7 Å². The Morgan fingerprint density at radius 2 is 1.70 bits per heavy atom. The molecule has 0 aromatic heterocycles. The van der Waals surface area contributed by atoms with Crippen LogP contribution in [0.4, 0.5) is 0 Å². The Morgan fingerprint density at radius 3 is 2.40 bits per heavy atom. The Bertz CT molecular complexity index is 762. The van der Waals surface area contributed by atoms with Crippen LogP contribution in [0.3, 0.4) is 0 Å². The van der Waals surface area contributed by atoms with Crippen molar-refractivity contribution in [2.24, 2.45) is 4.99 Å². The zero-order valence-corrected chi connectivity index (χ0v) is 18.7. The lowest BCUT2D eigenvalue weighted by Gasteiger charge is -2.38. The van der Waals surface area contributed by atoms with E-state index in [1.807, 2.05) is 0 Å². The first-order valence-corrected chi connectivity index (χ1v) is 11.2. The molecule has 0 bridgehead atoms. The maximum atomic E-state index is 4.98. The molecule has 1 aliphatic rings. The molecule has 2 aromatic rings. The molecule has 1 saturated heterocycles. The lowest BCUT2D eigenvalue weighted by atomic mass is 9.92. The van der Waals surface area contributed by atoms with Gasteiger partial charge in [-0.15, -0.1) is 0 Å². The number of benzene rings is 2. The summed E-state index contributed by atoms with van der Waals surface area (Å²) in [5.74, 6) is 1.26. The van der Waals surface area contributed by atoms with Gasteiger partial charge in [-0.1, -0.05) is 60.7 Å². The minimum atomic E-state index is 0.354. The van der Waals surface area contributed by atoms with E-state index in [9.17, 15) is 0 Å². The molecule has 2 aromatic carbocycles. The highest BCUT2D eigenvalue weighted by Crippen LogP contribution is 2.21. The number of nitrogens with zero attached hydrogens (tertiary/aromatic N) is 3. The van der Waals surface area contributed by atoms with Gasteiger partial charge >= 0.3 is 0 Å². The van der Waals surface area contributed by atoms with Crippen molar-refractivity contribution in [3.8, 4) is 0 Å². The van der Waals surface area contributed by atoms with Gasteiger partial charge in [0.25, 0.3) is 0 Å². The van der Waals surface area contributed by atoms with Crippen LogP contribution in [-0.4, -0.2) is 75.2 Å². The van der Waals surface area contributed by atoms with E-state index < -0.39 is 0 Å². The van der Waals surface area contributed by atoms with Gasteiger partial charge in [0.2, 0.25) is 0 Å². The molecule has 2 atom stereocenters. The van der Waals surface area contributed by atoms with Gasteiger partial charge in [0.15, 0.2) is 5.96 Å². The maximum absolute atomic E-state index is 4.98. The Balaban J connectivity index is 1.67. The van der Waals surface area contributed by atoms with Crippen molar-refractivity contribution in [2.75, 3.05) is 53.4 Å². The van der Waals surface area contributed by atoms with Gasteiger partial charge in [-0.25, -0.2) is 0 Å². The molecule has 0 saturated carbocycles. The monoisotopic (exact) mass is 407 g/mol. The molecular weight excluding hydrogens is 370 g/mol. The smallest absolute Gasteiger partial charge is 0.191 e. The number of hydrogen-bond acceptors (Lipinski definition) is 3. The number of rotatable bonds is 8. The second-order valence-corrected chi connectivity index (χ2v) is 8.29. The lowest BCUT2D eigenvalue weighted by molar-refractivity contribution is 0.116. The van der Waals surface area contributed by atoms with E-state index in [0.717, 1.165) is 51.6 Å². The molecule has 0 amide bonds. The Labute approximate surface area is 182 Å². The molecule has 1 aliphatic heterocycles. The van der Waals surface area contributed by atoms with Crippen LogP contribution in [0.1, 0.15) is 24.0 Å². The topological polar surface area (TPSA) is 42.9 Å². The van der Waals surface area contributed by atoms with Crippen LogP contribution in [0.25, 0.3) is 0 Å². The molecular formula is C25H37N5. The third kappa shape index (κ3) is 6.85. The highest BCUT2D eigenvalue weighted by Gasteiger charge is 2.22. The molecule has 5 nitrogen and oxygen atoms in total. The number of piperazine rings is 1. The predicted octanol–water partition coefficient (Wildman–Crippen LogP) is 2.81. The lowest BCUT2D eigenvalue weighted by Crippen LogP contribution is -2.55. The molecule has 1 heterocycles. The van der Waals surface area contributed by atoms with Gasteiger partial charge in [-0.3, -0.25) is 9.89 Å². The summed E-state index contributed by atoms with van der Waals surface area (Å²) in [5, 5.41) is 7.01. The first-order chi connectivity index (χ1) is 14.7. The van der Waals surface area contributed by atoms with Crippen LogP contribution >= 0.6 is 0 Å². The van der Waals surface area contributed by atoms with Crippen molar-refractivity contribution in [1.29, 1.82) is 0 Å². The molecule has 2 unspecified atom stereocenters. The fourth-order valence-corrected chi connectivity index (χ4v) is 3.99. The zero-order chi connectivity index (χ0) is 21.2. The van der Waals surface area contributed by atoms with E-state index in [4.69, 9.17) is 4.99 Å². The maximum Gasteiger partial charge on any atom is 0.191 e. The summed E-state index contributed by atoms with van der Waals surface area (Å²) >= 11 is 0. The number of likely N-dealkylation sites (N-methyl/N-ethyl adjacent to an activating group) is 2. The number of aliphatic imine (C=N–C) groups is 1. The molecule has 30 heavy (non-hydrogen) atoms. The second-order valence-electron chi connectivity index (χ2n) is 8.29. The standard InChI is InChI=1S/C25H37N5/c1-4-26-25(28-19-24-20-29(2)15-16-30(24)3)27-18-23(22-13-9-6-10-14-22)17-21-11-7-5-8-12-21/h5-14,23-24H,4,15-20H2,1-3H3,(H2,26,27,28). The molecule has 162 valence electrons. The van der Waals surface area contributed by atoms with E-state index in [0.29, 0.717) is 12.0 Å². The molecule has 0 spiro atoms. The zero-order valence-electron chi connectivity index (χ0n) is 18.7. The third-order valence-electron chi connectivity index (χ3n) is 5.90. The number of nitrogens with one attached hydrogen (secondary N) is 2. The van der Waals surface area contributed by atoms with E-state index in [1.54, 1.807) is 0 Å². The van der Waals surface area contributed by atoms with Crippen molar-refractivity contribution in [3.05, 3.63) is 71.8 Å². The average molecular weight is 408 g/mol. The summed E-state index contributed by atoms with van der Waals surface area (Å²) < 4.78 is 0. The summed E-state index contributed by atoms with van der Waals surface area (Å²) in [7, 11) is 4.42. The van der Waals surface area contributed by atoms with Gasteiger partial charge in [0.05, 0.1) is 0 Å². The first kappa shape index (κ1) is 22.3. The van der Waals surface area contributed by atoms with Crippen LogP contribution < -0.4 is 10.6 Å². The van der Waals surface area contributed by atoms with Gasteiger partial charge in [0, 0.05) is 51.2 Å². The molecule has 0 radical (unpaired) electrons. The van der Waals surface area contributed by atoms with Crippen LogP contribution in [0.5, 0.6) is 0 Å². The molecule has 2 N–H and O–H groups in total. The van der Waals surface area contributed by atoms with Crippen molar-refractivity contribution >= 4 is 5.96 Å². The highest BCUT2D eigenvalue weighted by molar-refractivity contribution is 5.79. The summed E-state index contributed by atoms with van der Waals surface area (Å²) in [6, 6.07) is 22.0. The number of hydrogen-bond donors (Lipinski definition) is 2. The quantitative estimate of drug-likeness (QED) is 0.522. The predicted molar refractivity (Wildman–Crippen MR) is 127 cm³/mol. The fourth-order valence-electron chi connectivity index (χ4n) is 3.99. The van der Waals surface area contributed by atoms with E-state index in [1.165, 1.54) is 11.1 Å². The minimum absolute atomic E-state index is 0.354. The second kappa shape index (κ2) is 11.7. The van der Waals surface area contributed by atoms with E-state index in [-0.39, 0.29) is 0 Å². The molecule has 3 rings (SSSR count). The van der Waals surface area contributed by atoms with E-state index in [2.05, 4.69) is 102 Å². The van der Waals surface area contributed by atoms with E-state index >= 15 is 0 Å². The molecule has 5 heteroatoms. The Kier molecular flexibility index (Phi) is 8.72. The summed E-state index contributed by atoms with van der Waals surface area (Å²) in [6.07, 6.45) is 0.990. The average Bonchev–Trinajstić information content (AvgIpc) is 2.78. The minimum Gasteiger partial charge on any atom is -0.357 e. The SMILES string of the molecule is CCNC(=NCC(Cc1ccccc1)c1ccccc1)NCC1CN(C)CCN1C. The van der Waals surface area contributed by atoms with Gasteiger partial charge in [-0.05, 0) is 38.6 Å². The van der Waals surface area contributed by atoms with Crippen LogP contribution in [-0.2, 0) is 6.42 Å². The van der Waals surface area contributed by atoms with Crippen LogP contribution in [0.2, 0.25) is 0 Å². The Morgan fingerprint density at radius 1 is 1.00 bits per heavy atom. The molecule has 1 fully saturated rings.